The average molecular weight is 582 g/mol. The quantitative estimate of drug-likeness (QED) is 0.215. The van der Waals surface area contributed by atoms with Crippen LogP contribution in [0.1, 0.15) is 35.6 Å². The van der Waals surface area contributed by atoms with Gasteiger partial charge in [-0.25, -0.2) is 9.91 Å². The largest absolute Gasteiger partial charge is 0.277 e. The minimum absolute atomic E-state index is 0.0276. The van der Waals surface area contributed by atoms with E-state index >= 15 is 0 Å². The van der Waals surface area contributed by atoms with Gasteiger partial charge >= 0.3 is 0 Å². The second-order valence-corrected chi connectivity index (χ2v) is 11.2. The van der Waals surface area contributed by atoms with E-state index < -0.39 is 5.25 Å². The van der Waals surface area contributed by atoms with Crippen LogP contribution in [-0.2, 0) is 9.59 Å². The van der Waals surface area contributed by atoms with Gasteiger partial charge < -0.3 is 0 Å². The molecule has 0 saturated carbocycles. The van der Waals surface area contributed by atoms with Crippen molar-refractivity contribution >= 4 is 67.7 Å². The third-order valence-electron chi connectivity index (χ3n) is 6.20. The van der Waals surface area contributed by atoms with Gasteiger partial charge in [0.25, 0.3) is 0 Å². The van der Waals surface area contributed by atoms with E-state index in [1.165, 1.54) is 4.90 Å². The van der Waals surface area contributed by atoms with Gasteiger partial charge in [0.15, 0.2) is 5.17 Å². The Morgan fingerprint density at radius 1 is 1.00 bits per heavy atom. The van der Waals surface area contributed by atoms with Crippen LogP contribution in [0.15, 0.2) is 82.4 Å². The van der Waals surface area contributed by atoms with Crippen molar-refractivity contribution in [3.05, 3.63) is 99.0 Å². The molecular weight excluding hydrogens is 560 g/mol. The Balaban J connectivity index is 1.39. The molecule has 1 N–H and O–H groups in total. The summed E-state index contributed by atoms with van der Waals surface area (Å²) in [6.07, 6.45) is 0.655. The average Bonchev–Trinajstić information content (AvgIpc) is 3.42. The molecule has 0 unspecified atom stereocenters. The first-order valence-corrected chi connectivity index (χ1v) is 13.4. The SMILES string of the molecule is Cc1ccc(C2=NN(C(=N)S[C@@H]3CC(=O)N(c4ccc(Cl)cc4)C3=O)[C@@H](c3ccc(Br)cc3)C2)cc1. The third-order valence-corrected chi connectivity index (χ3v) is 8.05. The van der Waals surface area contributed by atoms with Gasteiger partial charge in [0.2, 0.25) is 11.8 Å². The number of amidine groups is 1. The highest BCUT2D eigenvalue weighted by atomic mass is 79.9. The zero-order chi connectivity index (χ0) is 25.4. The first-order chi connectivity index (χ1) is 17.3. The molecule has 0 aromatic heterocycles. The van der Waals surface area contributed by atoms with E-state index in [2.05, 4.69) is 15.9 Å². The van der Waals surface area contributed by atoms with Crippen molar-refractivity contribution in [1.29, 1.82) is 5.41 Å². The van der Waals surface area contributed by atoms with E-state index in [4.69, 9.17) is 22.1 Å². The lowest BCUT2D eigenvalue weighted by atomic mass is 9.98. The number of rotatable bonds is 4. The molecule has 9 heteroatoms. The molecule has 2 atom stereocenters. The van der Waals surface area contributed by atoms with Gasteiger partial charge in [-0.3, -0.25) is 15.0 Å². The Kier molecular flexibility index (Phi) is 7.01. The molecule has 1 saturated heterocycles. The second kappa shape index (κ2) is 10.2. The molecule has 36 heavy (non-hydrogen) atoms. The fourth-order valence-corrected chi connectivity index (χ4v) is 5.68. The van der Waals surface area contributed by atoms with Crippen LogP contribution in [0.4, 0.5) is 5.69 Å². The zero-order valence-corrected chi connectivity index (χ0v) is 22.5. The predicted molar refractivity (Wildman–Crippen MR) is 149 cm³/mol. The molecule has 0 radical (unpaired) electrons. The lowest BCUT2D eigenvalue weighted by molar-refractivity contribution is -0.121. The summed E-state index contributed by atoms with van der Waals surface area (Å²) in [4.78, 5) is 27.0. The van der Waals surface area contributed by atoms with E-state index in [0.29, 0.717) is 17.1 Å². The van der Waals surface area contributed by atoms with Crippen LogP contribution in [0.25, 0.3) is 0 Å². The number of amides is 2. The number of carbonyl (C=O) groups excluding carboxylic acids is 2. The molecule has 2 heterocycles. The molecule has 1 fully saturated rings. The number of nitrogens with one attached hydrogen (secondary N) is 1. The van der Waals surface area contributed by atoms with E-state index in [-0.39, 0.29) is 29.4 Å². The first kappa shape index (κ1) is 24.7. The number of anilines is 1. The van der Waals surface area contributed by atoms with E-state index in [9.17, 15) is 9.59 Å². The summed E-state index contributed by atoms with van der Waals surface area (Å²) in [5, 5.41) is 15.3. The molecular formula is C27H22BrClN4O2S. The van der Waals surface area contributed by atoms with Crippen LogP contribution < -0.4 is 4.90 Å². The maximum absolute atomic E-state index is 13.2. The van der Waals surface area contributed by atoms with Crippen molar-refractivity contribution in [3.8, 4) is 0 Å². The predicted octanol–water partition coefficient (Wildman–Crippen LogP) is 6.56. The standard InChI is InChI=1S/C27H22BrClN4O2S/c1-16-2-4-17(5-3-16)22-14-23(18-6-8-19(28)9-7-18)33(31-22)27(30)36-24-15-25(34)32(26(24)35)21-12-10-20(29)11-13-21/h2-13,23-24,30H,14-15H2,1H3/t23-,24-/m1/s1. The molecule has 0 bridgehead atoms. The minimum Gasteiger partial charge on any atom is -0.277 e. The minimum atomic E-state index is -0.690. The van der Waals surface area contributed by atoms with E-state index in [1.807, 2.05) is 55.5 Å². The van der Waals surface area contributed by atoms with Gasteiger partial charge in [-0.1, -0.05) is 81.3 Å². The summed E-state index contributed by atoms with van der Waals surface area (Å²) in [5.41, 5.74) is 4.55. The Hall–Kier alpha value is -2.94. The smallest absolute Gasteiger partial charge is 0.247 e. The van der Waals surface area contributed by atoms with Crippen LogP contribution in [0.2, 0.25) is 5.02 Å². The van der Waals surface area contributed by atoms with Crippen molar-refractivity contribution < 1.29 is 9.59 Å². The molecule has 0 aliphatic carbocycles. The second-order valence-electron chi connectivity index (χ2n) is 8.69. The molecule has 3 aromatic rings. The van der Waals surface area contributed by atoms with Crippen LogP contribution >= 0.6 is 39.3 Å². The maximum Gasteiger partial charge on any atom is 0.247 e. The fraction of sp³-hybridized carbons (Fsp3) is 0.185. The van der Waals surface area contributed by atoms with Gasteiger partial charge in [0.1, 0.15) is 5.25 Å². The fourth-order valence-electron chi connectivity index (χ4n) is 4.31. The third kappa shape index (κ3) is 4.98. The Morgan fingerprint density at radius 2 is 1.67 bits per heavy atom. The summed E-state index contributed by atoms with van der Waals surface area (Å²) in [6, 6.07) is 22.5. The number of nitrogens with zero attached hydrogens (tertiary/aromatic N) is 3. The topological polar surface area (TPSA) is 76.8 Å². The highest BCUT2D eigenvalue weighted by molar-refractivity contribution is 9.10. The molecule has 5 rings (SSSR count). The van der Waals surface area contributed by atoms with Crippen molar-refractivity contribution in [2.45, 2.75) is 31.1 Å². The van der Waals surface area contributed by atoms with E-state index in [0.717, 1.165) is 38.6 Å². The molecule has 2 aliphatic rings. The summed E-state index contributed by atoms with van der Waals surface area (Å²) in [6.45, 7) is 2.04. The van der Waals surface area contributed by atoms with Crippen LogP contribution in [0.3, 0.4) is 0 Å². The lowest BCUT2D eigenvalue weighted by Crippen LogP contribution is -2.32. The van der Waals surface area contributed by atoms with Gasteiger partial charge in [0.05, 0.1) is 17.4 Å². The Morgan fingerprint density at radius 3 is 2.33 bits per heavy atom. The monoisotopic (exact) mass is 580 g/mol. The van der Waals surface area contributed by atoms with E-state index in [1.54, 1.807) is 29.3 Å². The maximum atomic E-state index is 13.2. The number of benzene rings is 3. The number of imide groups is 1. The number of aryl methyl sites for hydroxylation is 1. The zero-order valence-electron chi connectivity index (χ0n) is 19.3. The molecule has 3 aromatic carbocycles. The van der Waals surface area contributed by atoms with Gasteiger partial charge in [-0.15, -0.1) is 0 Å². The summed E-state index contributed by atoms with van der Waals surface area (Å²) < 4.78 is 0.970. The Bertz CT molecular complexity index is 1360. The molecule has 6 nitrogen and oxygen atoms in total. The molecule has 0 spiro atoms. The number of hydrogen-bond donors (Lipinski definition) is 1. The number of hydrazone groups is 1. The number of halogens is 2. The van der Waals surface area contributed by atoms with Gasteiger partial charge in [-0.2, -0.15) is 5.10 Å². The molecule has 182 valence electrons. The van der Waals surface area contributed by atoms with Gasteiger partial charge in [0, 0.05) is 22.3 Å². The number of thioether (sulfide) groups is 1. The van der Waals surface area contributed by atoms with Crippen LogP contribution in [0, 0.1) is 12.3 Å². The van der Waals surface area contributed by atoms with Crippen molar-refractivity contribution in [1.82, 2.24) is 5.01 Å². The van der Waals surface area contributed by atoms with Crippen LogP contribution in [0.5, 0.6) is 0 Å². The normalized spacial score (nSPS) is 19.7. The molecule has 2 aliphatic heterocycles. The van der Waals surface area contributed by atoms with Gasteiger partial charge in [-0.05, 0) is 54.4 Å². The van der Waals surface area contributed by atoms with Crippen molar-refractivity contribution in [2.75, 3.05) is 4.90 Å². The summed E-state index contributed by atoms with van der Waals surface area (Å²) in [5.74, 6) is -0.624. The Labute approximate surface area is 227 Å². The lowest BCUT2D eigenvalue weighted by Gasteiger charge is -2.24. The summed E-state index contributed by atoms with van der Waals surface area (Å²) in [7, 11) is 0. The first-order valence-electron chi connectivity index (χ1n) is 11.4. The number of hydrogen-bond acceptors (Lipinski definition) is 5. The van der Waals surface area contributed by atoms with Crippen molar-refractivity contribution in [3.63, 3.8) is 0 Å². The summed E-state index contributed by atoms with van der Waals surface area (Å²) >= 11 is 10.5. The highest BCUT2D eigenvalue weighted by Crippen LogP contribution is 2.38. The van der Waals surface area contributed by atoms with Crippen LogP contribution in [-0.4, -0.2) is 33.0 Å². The van der Waals surface area contributed by atoms with Crippen molar-refractivity contribution in [2.24, 2.45) is 5.10 Å². The number of carbonyl (C=O) groups is 2. The highest BCUT2D eigenvalue weighted by Gasteiger charge is 2.42. The molecule has 2 amide bonds.